The molecule has 4 N–H and O–H groups in total. The Balaban J connectivity index is 2.36. The molecule has 23 heavy (non-hydrogen) atoms. The minimum absolute atomic E-state index is 0.122. The van der Waals surface area contributed by atoms with Gasteiger partial charge in [-0.2, -0.15) is 0 Å². The molecule has 118 valence electrons. The SMILES string of the molecule is COc1ccc2c(N)c(N)c(-c3c(F)cncc3OC)nc2c1. The summed E-state index contributed by atoms with van der Waals surface area (Å²) in [6.45, 7) is 0. The third kappa shape index (κ3) is 2.36. The molecule has 0 radical (unpaired) electrons. The molecule has 0 spiro atoms. The summed E-state index contributed by atoms with van der Waals surface area (Å²) in [5.41, 5.74) is 13.6. The van der Waals surface area contributed by atoms with Gasteiger partial charge in [0.05, 0.1) is 49.1 Å². The normalized spacial score (nSPS) is 10.7. The van der Waals surface area contributed by atoms with Crippen LogP contribution in [-0.2, 0) is 0 Å². The number of aromatic nitrogens is 2. The molecule has 6 nitrogen and oxygen atoms in total. The number of nitrogens with two attached hydrogens (primary N) is 2. The fourth-order valence-electron chi connectivity index (χ4n) is 2.40. The van der Waals surface area contributed by atoms with E-state index in [9.17, 15) is 4.39 Å². The smallest absolute Gasteiger partial charge is 0.154 e. The van der Waals surface area contributed by atoms with Gasteiger partial charge in [-0.05, 0) is 12.1 Å². The first-order chi connectivity index (χ1) is 11.1. The van der Waals surface area contributed by atoms with Crippen LogP contribution in [-0.4, -0.2) is 24.2 Å². The van der Waals surface area contributed by atoms with Crippen molar-refractivity contribution in [1.82, 2.24) is 9.97 Å². The van der Waals surface area contributed by atoms with E-state index in [1.807, 2.05) is 0 Å². The van der Waals surface area contributed by atoms with Gasteiger partial charge in [0.25, 0.3) is 0 Å². The minimum Gasteiger partial charge on any atom is -0.497 e. The molecular formula is C16H15FN4O2. The van der Waals surface area contributed by atoms with E-state index >= 15 is 0 Å². The topological polar surface area (TPSA) is 96.3 Å². The maximum Gasteiger partial charge on any atom is 0.154 e. The number of pyridine rings is 2. The van der Waals surface area contributed by atoms with E-state index in [4.69, 9.17) is 20.9 Å². The molecule has 0 aliphatic carbocycles. The molecule has 2 aromatic heterocycles. The standard InChI is InChI=1S/C16H15FN4O2/c1-22-8-3-4-9-11(5-8)21-16(15(19)14(9)18)13-10(17)6-20-7-12(13)23-2/h3-7H,19H2,1-2H3,(H2,18,21). The molecule has 0 atom stereocenters. The van der Waals surface area contributed by atoms with Crippen molar-refractivity contribution in [2.45, 2.75) is 0 Å². The predicted octanol–water partition coefficient (Wildman–Crippen LogP) is 2.62. The van der Waals surface area contributed by atoms with Gasteiger partial charge in [-0.3, -0.25) is 4.98 Å². The van der Waals surface area contributed by atoms with Gasteiger partial charge in [0, 0.05) is 11.5 Å². The zero-order chi connectivity index (χ0) is 16.6. The summed E-state index contributed by atoms with van der Waals surface area (Å²) in [5, 5.41) is 0.667. The fraction of sp³-hybridized carbons (Fsp3) is 0.125. The monoisotopic (exact) mass is 314 g/mol. The van der Waals surface area contributed by atoms with Crippen molar-refractivity contribution in [1.29, 1.82) is 0 Å². The predicted molar refractivity (Wildman–Crippen MR) is 86.9 cm³/mol. The number of hydrogen-bond donors (Lipinski definition) is 2. The third-order valence-electron chi connectivity index (χ3n) is 3.59. The van der Waals surface area contributed by atoms with Crippen molar-refractivity contribution >= 4 is 22.3 Å². The van der Waals surface area contributed by atoms with Gasteiger partial charge in [0.1, 0.15) is 17.2 Å². The Bertz CT molecular complexity index is 899. The van der Waals surface area contributed by atoms with E-state index in [-0.39, 0.29) is 22.7 Å². The van der Waals surface area contributed by atoms with Gasteiger partial charge in [0.2, 0.25) is 0 Å². The first-order valence-electron chi connectivity index (χ1n) is 6.77. The number of rotatable bonds is 3. The van der Waals surface area contributed by atoms with Crippen LogP contribution in [0.25, 0.3) is 22.2 Å². The number of methoxy groups -OCH3 is 2. The van der Waals surface area contributed by atoms with Crippen LogP contribution < -0.4 is 20.9 Å². The molecule has 3 aromatic rings. The summed E-state index contributed by atoms with van der Waals surface area (Å²) in [6.07, 6.45) is 2.47. The van der Waals surface area contributed by atoms with Crippen LogP contribution >= 0.6 is 0 Å². The average Bonchev–Trinajstić information content (AvgIpc) is 2.57. The van der Waals surface area contributed by atoms with Crippen molar-refractivity contribution in [2.75, 3.05) is 25.7 Å². The first kappa shape index (κ1) is 14.8. The number of nitrogens with zero attached hydrogens (tertiary/aromatic N) is 2. The lowest BCUT2D eigenvalue weighted by molar-refractivity contribution is 0.411. The van der Waals surface area contributed by atoms with E-state index in [0.717, 1.165) is 6.20 Å². The van der Waals surface area contributed by atoms with Crippen LogP contribution in [0.1, 0.15) is 0 Å². The lowest BCUT2D eigenvalue weighted by Gasteiger charge is -2.14. The molecule has 1 aromatic carbocycles. The van der Waals surface area contributed by atoms with Crippen molar-refractivity contribution in [3.63, 3.8) is 0 Å². The van der Waals surface area contributed by atoms with Crippen LogP contribution in [0.15, 0.2) is 30.6 Å². The van der Waals surface area contributed by atoms with Gasteiger partial charge in [-0.25, -0.2) is 9.37 Å². The first-order valence-corrected chi connectivity index (χ1v) is 6.77. The lowest BCUT2D eigenvalue weighted by Crippen LogP contribution is -2.04. The number of anilines is 2. The number of ether oxygens (including phenoxy) is 2. The van der Waals surface area contributed by atoms with Crippen molar-refractivity contribution in [3.8, 4) is 22.8 Å². The molecular weight excluding hydrogens is 299 g/mol. The van der Waals surface area contributed by atoms with Gasteiger partial charge in [-0.15, -0.1) is 0 Å². The molecule has 0 unspecified atom stereocenters. The summed E-state index contributed by atoms with van der Waals surface area (Å²) in [7, 11) is 2.97. The molecule has 0 fully saturated rings. The summed E-state index contributed by atoms with van der Waals surface area (Å²) in [5.74, 6) is 0.248. The molecule has 0 saturated heterocycles. The summed E-state index contributed by atoms with van der Waals surface area (Å²) in [4.78, 5) is 8.21. The molecule has 0 aliphatic heterocycles. The quantitative estimate of drug-likeness (QED) is 0.771. The maximum atomic E-state index is 14.3. The number of benzene rings is 1. The molecule has 7 heteroatoms. The van der Waals surface area contributed by atoms with Gasteiger partial charge >= 0.3 is 0 Å². The van der Waals surface area contributed by atoms with Gasteiger partial charge in [-0.1, -0.05) is 0 Å². The molecule has 0 bridgehead atoms. The summed E-state index contributed by atoms with van der Waals surface area (Å²) in [6, 6.07) is 5.23. The van der Waals surface area contributed by atoms with E-state index in [2.05, 4.69) is 9.97 Å². The Labute approximate surface area is 131 Å². The Morgan fingerprint density at radius 1 is 1.04 bits per heavy atom. The highest BCUT2D eigenvalue weighted by Gasteiger charge is 2.20. The van der Waals surface area contributed by atoms with Crippen molar-refractivity contribution in [3.05, 3.63) is 36.4 Å². The molecule has 0 saturated carbocycles. The van der Waals surface area contributed by atoms with Crippen LogP contribution in [0, 0.1) is 5.82 Å². The highest BCUT2D eigenvalue weighted by Crippen LogP contribution is 2.39. The molecule has 0 amide bonds. The van der Waals surface area contributed by atoms with E-state index < -0.39 is 5.82 Å². The average molecular weight is 314 g/mol. The highest BCUT2D eigenvalue weighted by molar-refractivity contribution is 6.02. The maximum absolute atomic E-state index is 14.3. The number of fused-ring (bicyclic) bond motifs is 1. The highest BCUT2D eigenvalue weighted by atomic mass is 19.1. The van der Waals surface area contributed by atoms with Crippen LogP contribution in [0.5, 0.6) is 11.5 Å². The largest absolute Gasteiger partial charge is 0.497 e. The number of halogens is 1. The summed E-state index contributed by atoms with van der Waals surface area (Å²) >= 11 is 0. The Kier molecular flexibility index (Phi) is 3.61. The molecule has 2 heterocycles. The van der Waals surface area contributed by atoms with Crippen LogP contribution in [0.2, 0.25) is 0 Å². The van der Waals surface area contributed by atoms with E-state index in [0.29, 0.717) is 22.3 Å². The van der Waals surface area contributed by atoms with Crippen molar-refractivity contribution < 1.29 is 13.9 Å². The Hall–Kier alpha value is -3.09. The van der Waals surface area contributed by atoms with E-state index in [1.165, 1.54) is 13.3 Å². The fourth-order valence-corrected chi connectivity index (χ4v) is 2.40. The van der Waals surface area contributed by atoms with Gasteiger partial charge < -0.3 is 20.9 Å². The minimum atomic E-state index is -0.592. The van der Waals surface area contributed by atoms with E-state index in [1.54, 1.807) is 25.3 Å². The van der Waals surface area contributed by atoms with Gasteiger partial charge in [0.15, 0.2) is 5.82 Å². The Morgan fingerprint density at radius 2 is 1.83 bits per heavy atom. The third-order valence-corrected chi connectivity index (χ3v) is 3.59. The second-order valence-electron chi connectivity index (χ2n) is 4.87. The lowest BCUT2D eigenvalue weighted by atomic mass is 10.1. The number of hydrogen-bond acceptors (Lipinski definition) is 6. The molecule has 0 aliphatic rings. The number of nitrogen functional groups attached to an aromatic ring is 2. The Morgan fingerprint density at radius 3 is 2.52 bits per heavy atom. The molecule has 3 rings (SSSR count). The second kappa shape index (κ2) is 5.60. The van der Waals surface area contributed by atoms with Crippen LogP contribution in [0.4, 0.5) is 15.8 Å². The second-order valence-corrected chi connectivity index (χ2v) is 4.87. The zero-order valence-corrected chi connectivity index (χ0v) is 12.6. The van der Waals surface area contributed by atoms with Crippen LogP contribution in [0.3, 0.4) is 0 Å². The zero-order valence-electron chi connectivity index (χ0n) is 12.6. The van der Waals surface area contributed by atoms with Crippen molar-refractivity contribution in [2.24, 2.45) is 0 Å². The summed E-state index contributed by atoms with van der Waals surface area (Å²) < 4.78 is 24.6.